The second kappa shape index (κ2) is 9.20. The zero-order chi connectivity index (χ0) is 21.2. The number of carbonyl (C=O) groups is 1. The molecule has 29 heavy (non-hydrogen) atoms. The van der Waals surface area contributed by atoms with Gasteiger partial charge in [-0.3, -0.25) is 9.69 Å². The fourth-order valence-corrected chi connectivity index (χ4v) is 4.47. The molecular formula is C19H20Cl3N3O3S. The number of rotatable bonds is 5. The van der Waals surface area contributed by atoms with Gasteiger partial charge in [0.2, 0.25) is 10.0 Å². The summed E-state index contributed by atoms with van der Waals surface area (Å²) in [4.78, 5) is 14.7. The van der Waals surface area contributed by atoms with Crippen LogP contribution in [0.1, 0.15) is 15.9 Å². The van der Waals surface area contributed by atoms with E-state index in [1.165, 1.54) is 22.7 Å². The van der Waals surface area contributed by atoms with Gasteiger partial charge in [-0.1, -0.05) is 46.9 Å². The van der Waals surface area contributed by atoms with Crippen LogP contribution in [0.2, 0.25) is 15.1 Å². The van der Waals surface area contributed by atoms with Crippen LogP contribution in [0.4, 0.5) is 5.69 Å². The van der Waals surface area contributed by atoms with Crippen LogP contribution in [0.5, 0.6) is 0 Å². The molecule has 3 rings (SSSR count). The van der Waals surface area contributed by atoms with E-state index in [4.69, 9.17) is 34.8 Å². The standard InChI is InChI=1S/C19H20Cl3N3O3S/c1-29(27,28)25-8-6-24(7-9-25)12-13-2-4-14(5-3-13)19(26)23-18-11-16(21)15(20)10-17(18)22/h2-5,10-11H,6-9,12H2,1H3,(H,23,26). The normalized spacial score (nSPS) is 16.0. The Morgan fingerprint density at radius 1 is 0.966 bits per heavy atom. The summed E-state index contributed by atoms with van der Waals surface area (Å²) in [6.07, 6.45) is 1.23. The van der Waals surface area contributed by atoms with Crippen molar-refractivity contribution in [1.82, 2.24) is 9.21 Å². The van der Waals surface area contributed by atoms with E-state index in [9.17, 15) is 13.2 Å². The number of piperazine rings is 1. The quantitative estimate of drug-likeness (QED) is 0.663. The van der Waals surface area contributed by atoms with E-state index in [0.717, 1.165) is 5.56 Å². The average Bonchev–Trinajstić information content (AvgIpc) is 2.66. The predicted octanol–water partition coefficient (Wildman–Crippen LogP) is 3.98. The van der Waals surface area contributed by atoms with Crippen LogP contribution in [0.25, 0.3) is 0 Å². The van der Waals surface area contributed by atoms with Crippen LogP contribution in [0.15, 0.2) is 36.4 Å². The summed E-state index contributed by atoms with van der Waals surface area (Å²) < 4.78 is 24.7. The molecule has 0 aliphatic carbocycles. The van der Waals surface area contributed by atoms with Crippen molar-refractivity contribution in [2.75, 3.05) is 37.8 Å². The lowest BCUT2D eigenvalue weighted by atomic mass is 10.1. The van der Waals surface area contributed by atoms with Crippen molar-refractivity contribution in [3.05, 3.63) is 62.6 Å². The highest BCUT2D eigenvalue weighted by Crippen LogP contribution is 2.32. The summed E-state index contributed by atoms with van der Waals surface area (Å²) >= 11 is 18.0. The first kappa shape index (κ1) is 22.3. The fourth-order valence-electron chi connectivity index (χ4n) is 3.05. The van der Waals surface area contributed by atoms with Gasteiger partial charge >= 0.3 is 0 Å². The minimum atomic E-state index is -3.13. The Morgan fingerprint density at radius 2 is 1.55 bits per heavy atom. The van der Waals surface area contributed by atoms with E-state index in [1.807, 2.05) is 12.1 Å². The minimum absolute atomic E-state index is 0.303. The Morgan fingerprint density at radius 3 is 2.14 bits per heavy atom. The fraction of sp³-hybridized carbons (Fsp3) is 0.316. The van der Waals surface area contributed by atoms with E-state index in [1.54, 1.807) is 12.1 Å². The zero-order valence-corrected chi connectivity index (χ0v) is 18.7. The lowest BCUT2D eigenvalue weighted by Crippen LogP contribution is -2.47. The smallest absolute Gasteiger partial charge is 0.255 e. The molecule has 0 bridgehead atoms. The third-order valence-electron chi connectivity index (χ3n) is 4.68. The molecule has 156 valence electrons. The summed E-state index contributed by atoms with van der Waals surface area (Å²) in [6.45, 7) is 3.02. The molecule has 2 aromatic carbocycles. The molecule has 6 nitrogen and oxygen atoms in total. The number of sulfonamides is 1. The molecule has 1 aliphatic rings. The highest BCUT2D eigenvalue weighted by atomic mass is 35.5. The number of nitrogens with one attached hydrogen (secondary N) is 1. The van der Waals surface area contributed by atoms with Crippen LogP contribution >= 0.6 is 34.8 Å². The van der Waals surface area contributed by atoms with Crippen LogP contribution in [-0.4, -0.2) is 56.0 Å². The number of benzene rings is 2. The Balaban J connectivity index is 1.59. The molecule has 1 heterocycles. The van der Waals surface area contributed by atoms with Crippen LogP contribution in [0, 0.1) is 0 Å². The topological polar surface area (TPSA) is 69.7 Å². The third kappa shape index (κ3) is 5.84. The predicted molar refractivity (Wildman–Crippen MR) is 118 cm³/mol. The van der Waals surface area contributed by atoms with Gasteiger partial charge in [-0.25, -0.2) is 8.42 Å². The Bertz CT molecular complexity index is 1010. The maximum atomic E-state index is 12.5. The highest BCUT2D eigenvalue weighted by molar-refractivity contribution is 7.88. The molecular weight excluding hydrogens is 457 g/mol. The molecule has 0 unspecified atom stereocenters. The van der Waals surface area contributed by atoms with Gasteiger partial charge in [-0.05, 0) is 29.8 Å². The van der Waals surface area contributed by atoms with Crippen LogP contribution in [-0.2, 0) is 16.6 Å². The maximum Gasteiger partial charge on any atom is 0.255 e. The van der Waals surface area contributed by atoms with Crippen molar-refractivity contribution in [2.24, 2.45) is 0 Å². The Kier molecular flexibility index (Phi) is 7.09. The second-order valence-corrected chi connectivity index (χ2v) is 10.0. The number of nitrogens with zero attached hydrogens (tertiary/aromatic N) is 2. The average molecular weight is 477 g/mol. The molecule has 0 atom stereocenters. The largest absolute Gasteiger partial charge is 0.321 e. The van der Waals surface area contributed by atoms with Gasteiger partial charge in [-0.2, -0.15) is 4.31 Å². The summed E-state index contributed by atoms with van der Waals surface area (Å²) in [5, 5.41) is 3.65. The van der Waals surface area contributed by atoms with Crippen molar-refractivity contribution in [3.8, 4) is 0 Å². The van der Waals surface area contributed by atoms with Gasteiger partial charge in [0.25, 0.3) is 5.91 Å². The van der Waals surface area contributed by atoms with Gasteiger partial charge in [0.15, 0.2) is 0 Å². The number of hydrogen-bond donors (Lipinski definition) is 1. The monoisotopic (exact) mass is 475 g/mol. The molecule has 1 aliphatic heterocycles. The first-order valence-electron chi connectivity index (χ1n) is 8.86. The molecule has 1 amide bonds. The number of amides is 1. The van der Waals surface area contributed by atoms with Crippen LogP contribution in [0.3, 0.4) is 0 Å². The molecule has 1 N–H and O–H groups in total. The van der Waals surface area contributed by atoms with Crippen molar-refractivity contribution < 1.29 is 13.2 Å². The van der Waals surface area contributed by atoms with Gasteiger partial charge in [0, 0.05) is 38.3 Å². The van der Waals surface area contributed by atoms with Crippen molar-refractivity contribution in [2.45, 2.75) is 6.54 Å². The molecule has 0 radical (unpaired) electrons. The first-order valence-corrected chi connectivity index (χ1v) is 11.8. The van der Waals surface area contributed by atoms with Gasteiger partial charge < -0.3 is 5.32 Å². The van der Waals surface area contributed by atoms with Crippen molar-refractivity contribution in [1.29, 1.82) is 0 Å². The minimum Gasteiger partial charge on any atom is -0.321 e. The lowest BCUT2D eigenvalue weighted by Gasteiger charge is -2.33. The number of carbonyl (C=O) groups excluding carboxylic acids is 1. The molecule has 0 spiro atoms. The van der Waals surface area contributed by atoms with E-state index < -0.39 is 10.0 Å². The van der Waals surface area contributed by atoms with Crippen molar-refractivity contribution in [3.63, 3.8) is 0 Å². The molecule has 1 saturated heterocycles. The number of hydrogen-bond acceptors (Lipinski definition) is 4. The van der Waals surface area contributed by atoms with E-state index in [0.29, 0.717) is 59.0 Å². The summed E-state index contributed by atoms with van der Waals surface area (Å²) in [5.41, 5.74) is 1.92. The molecule has 0 aromatic heterocycles. The summed E-state index contributed by atoms with van der Waals surface area (Å²) in [5.74, 6) is -0.307. The molecule has 0 saturated carbocycles. The number of halogens is 3. The molecule has 10 heteroatoms. The van der Waals surface area contributed by atoms with E-state index in [2.05, 4.69) is 10.2 Å². The first-order chi connectivity index (χ1) is 13.6. The molecule has 1 fully saturated rings. The summed E-state index contributed by atoms with van der Waals surface area (Å²) in [6, 6.07) is 10.2. The Labute approximate surface area is 185 Å². The second-order valence-electron chi connectivity index (χ2n) is 6.84. The van der Waals surface area contributed by atoms with Gasteiger partial charge in [0.1, 0.15) is 0 Å². The van der Waals surface area contributed by atoms with Gasteiger partial charge in [-0.15, -0.1) is 0 Å². The lowest BCUT2D eigenvalue weighted by molar-refractivity contribution is 0.102. The molecule has 2 aromatic rings. The SMILES string of the molecule is CS(=O)(=O)N1CCN(Cc2ccc(C(=O)Nc3cc(Cl)c(Cl)cc3Cl)cc2)CC1. The number of anilines is 1. The van der Waals surface area contributed by atoms with Gasteiger partial charge in [0.05, 0.1) is 27.0 Å². The van der Waals surface area contributed by atoms with Crippen LogP contribution < -0.4 is 5.32 Å². The summed E-state index contributed by atoms with van der Waals surface area (Å²) in [7, 11) is -3.13. The highest BCUT2D eigenvalue weighted by Gasteiger charge is 2.23. The zero-order valence-electron chi connectivity index (χ0n) is 15.7. The van der Waals surface area contributed by atoms with Crippen molar-refractivity contribution >= 4 is 56.4 Å². The third-order valence-corrected chi connectivity index (χ3v) is 7.02. The Hall–Kier alpha value is -1.35. The van der Waals surface area contributed by atoms with E-state index >= 15 is 0 Å². The van der Waals surface area contributed by atoms with E-state index in [-0.39, 0.29) is 5.91 Å². The maximum absolute atomic E-state index is 12.5.